The molecule has 7 unspecified atom stereocenters. The molecule has 0 spiro atoms. The predicted octanol–water partition coefficient (Wildman–Crippen LogP) is 6.55. The summed E-state index contributed by atoms with van der Waals surface area (Å²) in [5.41, 5.74) is 7.66. The summed E-state index contributed by atoms with van der Waals surface area (Å²) in [5, 5.41) is 0. The second kappa shape index (κ2) is 6.84. The third-order valence-electron chi connectivity index (χ3n) is 10.1. The van der Waals surface area contributed by atoms with Gasteiger partial charge < -0.3 is 5.73 Å². The van der Waals surface area contributed by atoms with Crippen molar-refractivity contribution in [3.05, 3.63) is 0 Å². The summed E-state index contributed by atoms with van der Waals surface area (Å²) in [7, 11) is 0. The van der Waals surface area contributed by atoms with Crippen LogP contribution in [0.2, 0.25) is 0 Å². The van der Waals surface area contributed by atoms with Crippen LogP contribution in [-0.4, -0.2) is 6.04 Å². The molecule has 4 aliphatic rings. The third kappa shape index (κ3) is 2.91. The summed E-state index contributed by atoms with van der Waals surface area (Å²) in [6.07, 6.45) is 19.0. The smallest absolute Gasteiger partial charge is 0.00418 e. The molecule has 4 rings (SSSR count). The highest BCUT2D eigenvalue weighted by atomic mass is 14.7. The molecule has 4 saturated carbocycles. The van der Waals surface area contributed by atoms with Gasteiger partial charge in [-0.15, -0.1) is 0 Å². The molecule has 4 aliphatic carbocycles. The zero-order valence-electron chi connectivity index (χ0n) is 17.2. The number of fused-ring (bicyclic) bond motifs is 5. The normalized spacial score (nSPS) is 52.3. The Bertz CT molecular complexity index is 473. The van der Waals surface area contributed by atoms with E-state index in [9.17, 15) is 0 Å². The van der Waals surface area contributed by atoms with Gasteiger partial charge in [0.05, 0.1) is 0 Å². The minimum Gasteiger partial charge on any atom is -0.328 e. The van der Waals surface area contributed by atoms with Gasteiger partial charge in [-0.3, -0.25) is 0 Å². The highest BCUT2D eigenvalue weighted by molar-refractivity contribution is 5.09. The maximum Gasteiger partial charge on any atom is 0.00418 e. The van der Waals surface area contributed by atoms with Gasteiger partial charge in [-0.05, 0) is 105 Å². The van der Waals surface area contributed by atoms with Crippen molar-refractivity contribution in [1.82, 2.24) is 0 Å². The Morgan fingerprint density at radius 3 is 2.40 bits per heavy atom. The SMILES string of the molecule is CCCCCC1CCC2C3CC[C@H]4CC(N)CCC4(C)C3CCC12C. The molecule has 0 radical (unpaired) electrons. The van der Waals surface area contributed by atoms with Crippen LogP contribution < -0.4 is 5.73 Å². The van der Waals surface area contributed by atoms with Crippen molar-refractivity contribution in [2.24, 2.45) is 46.2 Å². The Morgan fingerprint density at radius 1 is 0.840 bits per heavy atom. The fraction of sp³-hybridized carbons (Fsp3) is 1.00. The average molecular weight is 346 g/mol. The van der Waals surface area contributed by atoms with Crippen molar-refractivity contribution in [3.8, 4) is 0 Å². The third-order valence-corrected chi connectivity index (χ3v) is 10.1. The van der Waals surface area contributed by atoms with E-state index in [0.717, 1.165) is 29.6 Å². The first-order chi connectivity index (χ1) is 12.0. The van der Waals surface area contributed by atoms with Crippen molar-refractivity contribution >= 4 is 0 Å². The Balaban J connectivity index is 1.50. The van der Waals surface area contributed by atoms with Gasteiger partial charge in [0.25, 0.3) is 0 Å². The molecule has 0 aromatic carbocycles. The number of hydrogen-bond acceptors (Lipinski definition) is 1. The summed E-state index contributed by atoms with van der Waals surface area (Å²) < 4.78 is 0. The van der Waals surface area contributed by atoms with Crippen molar-refractivity contribution in [3.63, 3.8) is 0 Å². The summed E-state index contributed by atoms with van der Waals surface area (Å²) in [4.78, 5) is 0. The van der Waals surface area contributed by atoms with Gasteiger partial charge in [0.2, 0.25) is 0 Å². The molecular formula is C24H43N. The van der Waals surface area contributed by atoms with E-state index in [1.807, 2.05) is 0 Å². The second-order valence-corrected chi connectivity index (χ2v) is 11.0. The summed E-state index contributed by atoms with van der Waals surface area (Å²) in [5.74, 6) is 5.09. The van der Waals surface area contributed by atoms with Crippen LogP contribution in [0.4, 0.5) is 0 Å². The van der Waals surface area contributed by atoms with Crippen LogP contribution in [0.1, 0.15) is 104 Å². The van der Waals surface area contributed by atoms with Gasteiger partial charge >= 0.3 is 0 Å². The van der Waals surface area contributed by atoms with Gasteiger partial charge in [-0.2, -0.15) is 0 Å². The lowest BCUT2D eigenvalue weighted by Crippen LogP contribution is -2.54. The van der Waals surface area contributed by atoms with Crippen LogP contribution in [0, 0.1) is 40.4 Å². The van der Waals surface area contributed by atoms with Crippen LogP contribution in [0.3, 0.4) is 0 Å². The Kier molecular flexibility index (Phi) is 5.02. The van der Waals surface area contributed by atoms with Gasteiger partial charge in [0, 0.05) is 6.04 Å². The lowest BCUT2D eigenvalue weighted by molar-refractivity contribution is -0.113. The van der Waals surface area contributed by atoms with Crippen molar-refractivity contribution < 1.29 is 0 Å². The fourth-order valence-corrected chi connectivity index (χ4v) is 8.51. The zero-order chi connectivity index (χ0) is 17.7. The minimum absolute atomic E-state index is 0.498. The van der Waals surface area contributed by atoms with Crippen LogP contribution in [0.25, 0.3) is 0 Å². The molecular weight excluding hydrogens is 302 g/mol. The Labute approximate surface area is 156 Å². The highest BCUT2D eigenvalue weighted by Crippen LogP contribution is 2.67. The number of unbranched alkanes of at least 4 members (excludes halogenated alkanes) is 2. The lowest BCUT2D eigenvalue weighted by Gasteiger charge is -2.61. The molecule has 2 N–H and O–H groups in total. The molecule has 144 valence electrons. The molecule has 0 aliphatic heterocycles. The van der Waals surface area contributed by atoms with Crippen molar-refractivity contribution in [1.29, 1.82) is 0 Å². The van der Waals surface area contributed by atoms with Gasteiger partial charge in [0.15, 0.2) is 0 Å². The van der Waals surface area contributed by atoms with Crippen LogP contribution in [0.5, 0.6) is 0 Å². The molecule has 0 heterocycles. The zero-order valence-corrected chi connectivity index (χ0v) is 17.2. The van der Waals surface area contributed by atoms with Gasteiger partial charge in [-0.25, -0.2) is 0 Å². The molecule has 0 saturated heterocycles. The second-order valence-electron chi connectivity index (χ2n) is 11.0. The predicted molar refractivity (Wildman–Crippen MR) is 107 cm³/mol. The quantitative estimate of drug-likeness (QED) is 0.574. The van der Waals surface area contributed by atoms with Gasteiger partial charge in [0.1, 0.15) is 0 Å². The van der Waals surface area contributed by atoms with Crippen molar-refractivity contribution in [2.75, 3.05) is 0 Å². The maximum atomic E-state index is 6.35. The number of rotatable bonds is 4. The highest BCUT2D eigenvalue weighted by Gasteiger charge is 2.59. The summed E-state index contributed by atoms with van der Waals surface area (Å²) >= 11 is 0. The molecule has 8 atom stereocenters. The van der Waals surface area contributed by atoms with E-state index in [2.05, 4.69) is 20.8 Å². The van der Waals surface area contributed by atoms with Crippen LogP contribution >= 0.6 is 0 Å². The average Bonchev–Trinajstić information content (AvgIpc) is 2.92. The van der Waals surface area contributed by atoms with E-state index < -0.39 is 0 Å². The summed E-state index contributed by atoms with van der Waals surface area (Å²) in [6, 6.07) is 0.498. The monoisotopic (exact) mass is 345 g/mol. The minimum atomic E-state index is 0.498. The molecule has 1 heteroatoms. The molecule has 0 bridgehead atoms. The maximum absolute atomic E-state index is 6.35. The molecule has 25 heavy (non-hydrogen) atoms. The first-order valence-corrected chi connectivity index (χ1v) is 11.7. The van der Waals surface area contributed by atoms with E-state index in [-0.39, 0.29) is 0 Å². The van der Waals surface area contributed by atoms with E-state index in [1.165, 1.54) is 70.6 Å². The van der Waals surface area contributed by atoms with Gasteiger partial charge in [-0.1, -0.05) is 40.0 Å². The largest absolute Gasteiger partial charge is 0.328 e. The lowest BCUT2D eigenvalue weighted by atomic mass is 9.44. The Hall–Kier alpha value is -0.0400. The standard InChI is InChI=1S/C24H43N/c1-4-5-6-7-17-9-11-21-20-10-8-18-16-19(25)12-14-24(18,3)22(20)13-15-23(17,21)2/h17-22H,4-16,25H2,1-3H3/t17?,18-,19?,20?,21?,22?,23?,24?/m0/s1. The van der Waals surface area contributed by atoms with E-state index >= 15 is 0 Å². The summed E-state index contributed by atoms with van der Waals surface area (Å²) in [6.45, 7) is 7.74. The first kappa shape index (κ1) is 18.3. The molecule has 0 amide bonds. The fourth-order valence-electron chi connectivity index (χ4n) is 8.51. The number of nitrogens with two attached hydrogens (primary N) is 1. The van der Waals surface area contributed by atoms with E-state index in [4.69, 9.17) is 5.73 Å². The van der Waals surface area contributed by atoms with E-state index in [0.29, 0.717) is 16.9 Å². The van der Waals surface area contributed by atoms with Crippen LogP contribution in [-0.2, 0) is 0 Å². The van der Waals surface area contributed by atoms with Crippen LogP contribution in [0.15, 0.2) is 0 Å². The molecule has 0 aromatic rings. The van der Waals surface area contributed by atoms with E-state index in [1.54, 1.807) is 12.8 Å². The molecule has 1 nitrogen and oxygen atoms in total. The first-order valence-electron chi connectivity index (χ1n) is 11.7. The molecule has 0 aromatic heterocycles. The number of hydrogen-bond donors (Lipinski definition) is 1. The Morgan fingerprint density at radius 2 is 1.60 bits per heavy atom. The molecule has 4 fully saturated rings. The topological polar surface area (TPSA) is 26.0 Å². The van der Waals surface area contributed by atoms with Crippen molar-refractivity contribution in [2.45, 2.75) is 110 Å².